The summed E-state index contributed by atoms with van der Waals surface area (Å²) in [6.07, 6.45) is 3.69. The highest BCUT2D eigenvalue weighted by molar-refractivity contribution is 6.02. The molecule has 3 rings (SSSR count). The number of methoxy groups -OCH3 is 3. The molecule has 1 unspecified atom stereocenters. The summed E-state index contributed by atoms with van der Waals surface area (Å²) in [5.74, 6) is 1.02. The zero-order valence-electron chi connectivity index (χ0n) is 16.1. The van der Waals surface area contributed by atoms with Crippen molar-refractivity contribution in [2.75, 3.05) is 41.0 Å². The van der Waals surface area contributed by atoms with Crippen LogP contribution in [0.25, 0.3) is 6.08 Å². The van der Waals surface area contributed by atoms with E-state index in [-0.39, 0.29) is 24.4 Å². The first-order valence-corrected chi connectivity index (χ1v) is 8.85. The lowest BCUT2D eigenvalue weighted by molar-refractivity contribution is -0.128. The number of carbonyl (C=O) groups excluding carboxylic acids is 3. The fourth-order valence-corrected chi connectivity index (χ4v) is 3.43. The second kappa shape index (κ2) is 8.20. The largest absolute Gasteiger partial charge is 0.493 e. The zero-order valence-corrected chi connectivity index (χ0v) is 16.1. The smallest absolute Gasteiger partial charge is 0.324 e. The van der Waals surface area contributed by atoms with Gasteiger partial charge in [0.05, 0.1) is 33.9 Å². The number of carbonyl (C=O) groups is 3. The van der Waals surface area contributed by atoms with Crippen LogP contribution in [0.3, 0.4) is 0 Å². The predicted molar refractivity (Wildman–Crippen MR) is 100 cm³/mol. The Morgan fingerprint density at radius 1 is 1.14 bits per heavy atom. The molecule has 2 aliphatic heterocycles. The third-order valence-corrected chi connectivity index (χ3v) is 4.82. The second-order valence-electron chi connectivity index (χ2n) is 6.44. The van der Waals surface area contributed by atoms with E-state index in [2.05, 4.69) is 5.32 Å². The number of nitrogens with zero attached hydrogens (tertiary/aromatic N) is 2. The van der Waals surface area contributed by atoms with Crippen LogP contribution in [0.2, 0.25) is 0 Å². The molecular weight excluding hydrogens is 366 g/mol. The van der Waals surface area contributed by atoms with E-state index in [1.165, 1.54) is 32.3 Å². The molecule has 0 bridgehead atoms. The van der Waals surface area contributed by atoms with Crippen LogP contribution in [0.1, 0.15) is 12.0 Å². The van der Waals surface area contributed by atoms with Gasteiger partial charge in [0.1, 0.15) is 0 Å². The third-order valence-electron chi connectivity index (χ3n) is 4.82. The average molecular weight is 389 g/mol. The molecule has 9 heteroatoms. The third kappa shape index (κ3) is 3.73. The minimum absolute atomic E-state index is 0.0182. The lowest BCUT2D eigenvalue weighted by Crippen LogP contribution is -2.42. The first kappa shape index (κ1) is 19.5. The summed E-state index contributed by atoms with van der Waals surface area (Å²) in [6, 6.07) is 2.81. The standard InChI is InChI=1S/C19H23N3O6/c1-26-14-8-12(9-15(27-2)18(14)28-3)4-5-16(23)21-7-6-13(11-21)22-17(24)10-20-19(22)25/h4-5,8-9,13H,6-7,10-11H2,1-3H3,(H,20,25)/b5-4+. The first-order chi connectivity index (χ1) is 13.5. The Kier molecular flexibility index (Phi) is 5.72. The van der Waals surface area contributed by atoms with E-state index in [1.807, 2.05) is 0 Å². The van der Waals surface area contributed by atoms with Crippen LogP contribution in [0.15, 0.2) is 18.2 Å². The Labute approximate surface area is 162 Å². The number of benzene rings is 1. The molecule has 1 aromatic carbocycles. The molecule has 1 atom stereocenters. The van der Waals surface area contributed by atoms with Gasteiger partial charge < -0.3 is 24.4 Å². The summed E-state index contributed by atoms with van der Waals surface area (Å²) in [7, 11) is 4.57. The van der Waals surface area contributed by atoms with Crippen molar-refractivity contribution in [1.82, 2.24) is 15.1 Å². The van der Waals surface area contributed by atoms with Crippen molar-refractivity contribution >= 4 is 23.9 Å². The Hall–Kier alpha value is -3.23. The number of rotatable bonds is 6. The Morgan fingerprint density at radius 3 is 2.36 bits per heavy atom. The molecule has 0 spiro atoms. The van der Waals surface area contributed by atoms with Crippen LogP contribution in [-0.2, 0) is 9.59 Å². The van der Waals surface area contributed by atoms with Gasteiger partial charge in [-0.05, 0) is 30.2 Å². The van der Waals surface area contributed by atoms with E-state index >= 15 is 0 Å². The maximum atomic E-state index is 12.5. The molecule has 1 N–H and O–H groups in total. The number of amides is 4. The van der Waals surface area contributed by atoms with Gasteiger partial charge in [-0.25, -0.2) is 4.79 Å². The molecule has 1 aromatic rings. The van der Waals surface area contributed by atoms with E-state index in [0.717, 1.165) is 0 Å². The van der Waals surface area contributed by atoms with Gasteiger partial charge in [0.25, 0.3) is 0 Å². The maximum absolute atomic E-state index is 12.5. The molecule has 9 nitrogen and oxygen atoms in total. The number of nitrogens with one attached hydrogen (secondary N) is 1. The monoisotopic (exact) mass is 389 g/mol. The van der Waals surface area contributed by atoms with Crippen LogP contribution >= 0.6 is 0 Å². The fraction of sp³-hybridized carbons (Fsp3) is 0.421. The van der Waals surface area contributed by atoms with E-state index in [1.54, 1.807) is 23.1 Å². The van der Waals surface area contributed by atoms with Crippen molar-refractivity contribution in [2.45, 2.75) is 12.5 Å². The average Bonchev–Trinajstić information content (AvgIpc) is 3.31. The van der Waals surface area contributed by atoms with E-state index in [0.29, 0.717) is 42.3 Å². The Morgan fingerprint density at radius 2 is 1.82 bits per heavy atom. The number of hydrogen-bond acceptors (Lipinski definition) is 6. The predicted octanol–water partition coefficient (Wildman–Crippen LogP) is 0.878. The number of likely N-dealkylation sites (tertiary alicyclic amines) is 1. The number of imide groups is 1. The Bertz CT molecular complexity index is 781. The summed E-state index contributed by atoms with van der Waals surface area (Å²) in [5, 5.41) is 2.50. The topological polar surface area (TPSA) is 97.4 Å². The van der Waals surface area contributed by atoms with E-state index < -0.39 is 6.03 Å². The Balaban J connectivity index is 1.69. The summed E-state index contributed by atoms with van der Waals surface area (Å²) >= 11 is 0. The molecule has 0 saturated carbocycles. The first-order valence-electron chi connectivity index (χ1n) is 8.85. The van der Waals surface area contributed by atoms with Crippen molar-refractivity contribution < 1.29 is 28.6 Å². The van der Waals surface area contributed by atoms with Crippen molar-refractivity contribution in [3.63, 3.8) is 0 Å². The number of hydrogen-bond donors (Lipinski definition) is 1. The molecular formula is C19H23N3O6. The summed E-state index contributed by atoms with van der Waals surface area (Å²) in [6.45, 7) is 0.835. The van der Waals surface area contributed by atoms with Gasteiger partial charge >= 0.3 is 6.03 Å². The van der Waals surface area contributed by atoms with Gasteiger partial charge in [-0.1, -0.05) is 0 Å². The van der Waals surface area contributed by atoms with E-state index in [4.69, 9.17) is 14.2 Å². The zero-order chi connectivity index (χ0) is 20.3. The van der Waals surface area contributed by atoms with Gasteiger partial charge in [0.2, 0.25) is 17.6 Å². The summed E-state index contributed by atoms with van der Waals surface area (Å²) in [5.41, 5.74) is 0.715. The van der Waals surface area contributed by atoms with Gasteiger partial charge in [-0.15, -0.1) is 0 Å². The molecule has 150 valence electrons. The van der Waals surface area contributed by atoms with Crippen molar-refractivity contribution in [1.29, 1.82) is 0 Å². The maximum Gasteiger partial charge on any atom is 0.324 e. The molecule has 2 heterocycles. The normalized spacial score (nSPS) is 19.3. The van der Waals surface area contributed by atoms with Gasteiger partial charge in [-0.2, -0.15) is 0 Å². The van der Waals surface area contributed by atoms with Crippen LogP contribution < -0.4 is 19.5 Å². The molecule has 2 fully saturated rings. The lowest BCUT2D eigenvalue weighted by Gasteiger charge is -2.21. The van der Waals surface area contributed by atoms with Crippen LogP contribution in [0, 0.1) is 0 Å². The van der Waals surface area contributed by atoms with Crippen molar-refractivity contribution in [2.24, 2.45) is 0 Å². The molecule has 28 heavy (non-hydrogen) atoms. The van der Waals surface area contributed by atoms with Crippen LogP contribution in [0.4, 0.5) is 4.79 Å². The number of urea groups is 1. The minimum atomic E-state index is -0.391. The molecule has 2 saturated heterocycles. The molecule has 0 aromatic heterocycles. The van der Waals surface area contributed by atoms with Crippen LogP contribution in [0.5, 0.6) is 17.2 Å². The molecule has 2 aliphatic rings. The second-order valence-corrected chi connectivity index (χ2v) is 6.44. The lowest BCUT2D eigenvalue weighted by atomic mass is 10.1. The van der Waals surface area contributed by atoms with Gasteiger partial charge in [-0.3, -0.25) is 14.5 Å². The molecule has 4 amide bonds. The minimum Gasteiger partial charge on any atom is -0.493 e. The highest BCUT2D eigenvalue weighted by Crippen LogP contribution is 2.38. The highest BCUT2D eigenvalue weighted by Gasteiger charge is 2.39. The summed E-state index contributed by atoms with van der Waals surface area (Å²) in [4.78, 5) is 39.0. The van der Waals surface area contributed by atoms with Gasteiger partial charge in [0, 0.05) is 19.2 Å². The van der Waals surface area contributed by atoms with Gasteiger partial charge in [0.15, 0.2) is 11.5 Å². The van der Waals surface area contributed by atoms with Crippen LogP contribution in [-0.4, -0.2) is 74.7 Å². The molecule has 0 radical (unpaired) electrons. The molecule has 0 aliphatic carbocycles. The SMILES string of the molecule is COc1cc(/C=C/C(=O)N2CCC(N3C(=O)CNC3=O)C2)cc(OC)c1OC. The van der Waals surface area contributed by atoms with E-state index in [9.17, 15) is 14.4 Å². The fourth-order valence-electron chi connectivity index (χ4n) is 3.43. The highest BCUT2D eigenvalue weighted by atomic mass is 16.5. The summed E-state index contributed by atoms with van der Waals surface area (Å²) < 4.78 is 15.9. The van der Waals surface area contributed by atoms with Crippen molar-refractivity contribution in [3.8, 4) is 17.2 Å². The quantitative estimate of drug-likeness (QED) is 0.573. The number of ether oxygens (including phenoxy) is 3. The van der Waals surface area contributed by atoms with Crippen molar-refractivity contribution in [3.05, 3.63) is 23.8 Å².